The number of esters is 1. The largest absolute Gasteiger partial charge is 0.493 e. The van der Waals surface area contributed by atoms with Gasteiger partial charge in [0.15, 0.2) is 18.1 Å². The zero-order chi connectivity index (χ0) is 25.7. The van der Waals surface area contributed by atoms with Gasteiger partial charge in [-0.2, -0.15) is 0 Å². The van der Waals surface area contributed by atoms with Crippen LogP contribution in [-0.2, 0) is 19.1 Å². The number of carbonyl (C=O) groups is 3. The van der Waals surface area contributed by atoms with Gasteiger partial charge in [-0.15, -0.1) is 0 Å². The zero-order valence-electron chi connectivity index (χ0n) is 19.8. The summed E-state index contributed by atoms with van der Waals surface area (Å²) in [5, 5.41) is 2.70. The highest BCUT2D eigenvalue weighted by molar-refractivity contribution is 9.10. The molecule has 9 heteroatoms. The molecular weight excluding hydrogens is 528 g/mol. The third-order valence-corrected chi connectivity index (χ3v) is 6.58. The second-order valence-electron chi connectivity index (χ2n) is 8.27. The summed E-state index contributed by atoms with van der Waals surface area (Å²) >= 11 is 3.41. The van der Waals surface area contributed by atoms with E-state index in [2.05, 4.69) is 21.2 Å². The number of anilines is 2. The summed E-state index contributed by atoms with van der Waals surface area (Å²) in [6.07, 6.45) is 0.0197. The number of nitrogens with zero attached hydrogens (tertiary/aromatic N) is 1. The molecule has 0 bridgehead atoms. The fourth-order valence-corrected chi connectivity index (χ4v) is 4.06. The molecule has 8 nitrogen and oxygen atoms in total. The van der Waals surface area contributed by atoms with Crippen LogP contribution >= 0.6 is 15.9 Å². The number of carbonyl (C=O) groups excluding carboxylic acids is 3. The van der Waals surface area contributed by atoms with Crippen LogP contribution in [0.2, 0.25) is 0 Å². The van der Waals surface area contributed by atoms with Crippen LogP contribution in [0.1, 0.15) is 12.0 Å². The summed E-state index contributed by atoms with van der Waals surface area (Å²) in [6.45, 7) is 1.66. The predicted octanol–water partition coefficient (Wildman–Crippen LogP) is 5.09. The standard InChI is InChI=1S/C27H25BrN2O6/c1-17-13-19(7-12-22(17)28)29-25(31)16-35-27(33)18-14-26(32)30(15-18)20-8-10-21(11-9-20)36-24-6-4-3-5-23(24)34-2/h3-13,18H,14-16H2,1-2H3,(H,29,31)/t18-/m1/s1. The van der Waals surface area contributed by atoms with Gasteiger partial charge in [0.2, 0.25) is 5.91 Å². The maximum Gasteiger partial charge on any atom is 0.311 e. The third kappa shape index (κ3) is 6.04. The minimum atomic E-state index is -0.648. The van der Waals surface area contributed by atoms with Crippen molar-refractivity contribution in [3.8, 4) is 17.2 Å². The fraction of sp³-hybridized carbons (Fsp3) is 0.222. The van der Waals surface area contributed by atoms with E-state index in [4.69, 9.17) is 14.2 Å². The van der Waals surface area contributed by atoms with Gasteiger partial charge < -0.3 is 24.4 Å². The highest BCUT2D eigenvalue weighted by Gasteiger charge is 2.36. The number of nitrogens with one attached hydrogen (secondary N) is 1. The second kappa shape index (κ2) is 11.3. The Kier molecular flexibility index (Phi) is 7.90. The van der Waals surface area contributed by atoms with E-state index < -0.39 is 24.4 Å². The molecule has 1 aliphatic heterocycles. The van der Waals surface area contributed by atoms with Crippen LogP contribution in [0.3, 0.4) is 0 Å². The quantitative estimate of drug-likeness (QED) is 0.391. The fourth-order valence-electron chi connectivity index (χ4n) is 3.81. The molecule has 1 heterocycles. The number of halogens is 1. The molecule has 2 amide bonds. The van der Waals surface area contributed by atoms with Gasteiger partial charge in [-0.25, -0.2) is 0 Å². The number of rotatable bonds is 8. The Labute approximate surface area is 217 Å². The van der Waals surface area contributed by atoms with Crippen molar-refractivity contribution >= 4 is 45.1 Å². The van der Waals surface area contributed by atoms with Gasteiger partial charge in [0.05, 0.1) is 13.0 Å². The first kappa shape index (κ1) is 25.2. The number of amides is 2. The van der Waals surface area contributed by atoms with Gasteiger partial charge in [0.1, 0.15) is 5.75 Å². The molecule has 1 atom stereocenters. The number of ether oxygens (including phenoxy) is 3. The molecule has 0 radical (unpaired) electrons. The van der Waals surface area contributed by atoms with E-state index in [1.54, 1.807) is 49.6 Å². The van der Waals surface area contributed by atoms with Crippen LogP contribution in [0, 0.1) is 12.8 Å². The lowest BCUT2D eigenvalue weighted by Crippen LogP contribution is -2.28. The Morgan fingerprint density at radius 1 is 1.06 bits per heavy atom. The van der Waals surface area contributed by atoms with Gasteiger partial charge in [-0.3, -0.25) is 14.4 Å². The molecule has 1 aliphatic rings. The lowest BCUT2D eigenvalue weighted by atomic mass is 10.1. The van der Waals surface area contributed by atoms with Crippen LogP contribution in [0.15, 0.2) is 71.2 Å². The normalized spacial score (nSPS) is 14.9. The highest BCUT2D eigenvalue weighted by atomic mass is 79.9. The molecular formula is C27H25BrN2O6. The maximum absolute atomic E-state index is 12.6. The third-order valence-electron chi connectivity index (χ3n) is 5.69. The molecule has 3 aromatic carbocycles. The Morgan fingerprint density at radius 2 is 1.78 bits per heavy atom. The van der Waals surface area contributed by atoms with Crippen molar-refractivity contribution < 1.29 is 28.6 Å². The first-order chi connectivity index (χ1) is 17.3. The number of para-hydroxylation sites is 2. The maximum atomic E-state index is 12.6. The lowest BCUT2D eigenvalue weighted by molar-refractivity contribution is -0.151. The van der Waals surface area contributed by atoms with Gasteiger partial charge in [0, 0.05) is 28.8 Å². The summed E-state index contributed by atoms with van der Waals surface area (Å²) < 4.78 is 17.3. The van der Waals surface area contributed by atoms with Crippen molar-refractivity contribution in [1.82, 2.24) is 0 Å². The average Bonchev–Trinajstić information content (AvgIpc) is 3.27. The number of aryl methyl sites for hydroxylation is 1. The van der Waals surface area contributed by atoms with Crippen molar-refractivity contribution in [2.24, 2.45) is 5.92 Å². The number of benzene rings is 3. The molecule has 3 aromatic rings. The molecule has 1 saturated heterocycles. The van der Waals surface area contributed by atoms with Crippen molar-refractivity contribution in [1.29, 1.82) is 0 Å². The molecule has 0 aromatic heterocycles. The van der Waals surface area contributed by atoms with E-state index in [0.717, 1.165) is 10.0 Å². The number of hydrogen-bond acceptors (Lipinski definition) is 6. The van der Waals surface area contributed by atoms with E-state index in [1.165, 1.54) is 4.90 Å². The molecule has 0 saturated carbocycles. The highest BCUT2D eigenvalue weighted by Crippen LogP contribution is 2.33. The minimum absolute atomic E-state index is 0.0197. The smallest absolute Gasteiger partial charge is 0.311 e. The molecule has 0 aliphatic carbocycles. The summed E-state index contributed by atoms with van der Waals surface area (Å²) in [7, 11) is 1.57. The number of methoxy groups -OCH3 is 1. The van der Waals surface area contributed by atoms with Gasteiger partial charge >= 0.3 is 5.97 Å². The lowest BCUT2D eigenvalue weighted by Gasteiger charge is -2.17. The SMILES string of the molecule is COc1ccccc1Oc1ccc(N2C[C@H](C(=O)OCC(=O)Nc3ccc(Br)c(C)c3)CC2=O)cc1. The molecule has 4 rings (SSSR count). The number of hydrogen-bond donors (Lipinski definition) is 1. The summed E-state index contributed by atoms with van der Waals surface area (Å²) in [4.78, 5) is 38.8. The van der Waals surface area contributed by atoms with E-state index in [1.807, 2.05) is 31.2 Å². The average molecular weight is 553 g/mol. The molecule has 0 spiro atoms. The Balaban J connectivity index is 1.30. The topological polar surface area (TPSA) is 94.2 Å². The molecule has 1 fully saturated rings. The summed E-state index contributed by atoms with van der Waals surface area (Å²) in [5.74, 6) is -0.0981. The summed E-state index contributed by atoms with van der Waals surface area (Å²) in [6, 6.07) is 19.7. The van der Waals surface area contributed by atoms with E-state index in [-0.39, 0.29) is 18.9 Å². The Bertz CT molecular complexity index is 1280. The Morgan fingerprint density at radius 3 is 2.47 bits per heavy atom. The van der Waals surface area contributed by atoms with Crippen molar-refractivity contribution in [3.05, 3.63) is 76.8 Å². The van der Waals surface area contributed by atoms with Crippen LogP contribution < -0.4 is 19.7 Å². The minimum Gasteiger partial charge on any atom is -0.493 e. The molecule has 36 heavy (non-hydrogen) atoms. The van der Waals surface area contributed by atoms with Gasteiger partial charge in [-0.1, -0.05) is 28.1 Å². The first-order valence-corrected chi connectivity index (χ1v) is 12.1. The van der Waals surface area contributed by atoms with Crippen LogP contribution in [0.5, 0.6) is 17.2 Å². The van der Waals surface area contributed by atoms with E-state index in [9.17, 15) is 14.4 Å². The van der Waals surface area contributed by atoms with E-state index in [0.29, 0.717) is 28.6 Å². The Hall–Kier alpha value is -3.85. The van der Waals surface area contributed by atoms with Crippen molar-refractivity contribution in [2.75, 3.05) is 30.5 Å². The second-order valence-corrected chi connectivity index (χ2v) is 9.13. The monoisotopic (exact) mass is 552 g/mol. The predicted molar refractivity (Wildman–Crippen MR) is 138 cm³/mol. The van der Waals surface area contributed by atoms with Crippen LogP contribution in [-0.4, -0.2) is 38.0 Å². The molecule has 0 unspecified atom stereocenters. The van der Waals surface area contributed by atoms with Crippen LogP contribution in [0.4, 0.5) is 11.4 Å². The van der Waals surface area contributed by atoms with Gasteiger partial charge in [0.25, 0.3) is 5.91 Å². The molecule has 1 N–H and O–H groups in total. The van der Waals surface area contributed by atoms with Crippen molar-refractivity contribution in [3.63, 3.8) is 0 Å². The summed E-state index contributed by atoms with van der Waals surface area (Å²) in [5.41, 5.74) is 2.22. The van der Waals surface area contributed by atoms with Gasteiger partial charge in [-0.05, 0) is 67.1 Å². The zero-order valence-corrected chi connectivity index (χ0v) is 21.4. The van der Waals surface area contributed by atoms with Crippen molar-refractivity contribution in [2.45, 2.75) is 13.3 Å². The molecule has 186 valence electrons. The van der Waals surface area contributed by atoms with Crippen LogP contribution in [0.25, 0.3) is 0 Å². The van der Waals surface area contributed by atoms with E-state index >= 15 is 0 Å². The first-order valence-electron chi connectivity index (χ1n) is 11.3.